The minimum Gasteiger partial charge on any atom is -0.497 e. The molecule has 0 fully saturated rings. The van der Waals surface area contributed by atoms with Gasteiger partial charge in [0.2, 0.25) is 12.1 Å². The van der Waals surface area contributed by atoms with Gasteiger partial charge >= 0.3 is 0 Å². The number of halogens is 5. The zero-order chi connectivity index (χ0) is 49.8. The number of Topliss-reactive ketones (excluding diaryl/α,β-unsaturated/α-hetero) is 2. The normalized spacial score (nSPS) is 13.0. The molecular weight excluding hydrogens is 982 g/mol. The number of methoxy groups -OCH3 is 2. The van der Waals surface area contributed by atoms with Gasteiger partial charge in [0.05, 0.1) is 46.1 Å². The minimum atomic E-state index is -1.65. The van der Waals surface area contributed by atoms with Gasteiger partial charge in [-0.3, -0.25) is 28.8 Å². The van der Waals surface area contributed by atoms with Crippen molar-refractivity contribution in [2.75, 3.05) is 35.5 Å². The molecule has 68 heavy (non-hydrogen) atoms. The van der Waals surface area contributed by atoms with E-state index in [2.05, 4.69) is 41.7 Å². The van der Waals surface area contributed by atoms with Gasteiger partial charge in [0, 0.05) is 40.8 Å². The van der Waals surface area contributed by atoms with E-state index in [-0.39, 0.29) is 49.8 Å². The number of carbonyl (C=O) groups is 6. The van der Waals surface area contributed by atoms with E-state index in [1.165, 1.54) is 68.8 Å². The smallest absolute Gasteiger partial charge is 0.258 e. The highest BCUT2D eigenvalue weighted by molar-refractivity contribution is 6.37. The van der Waals surface area contributed by atoms with Gasteiger partial charge in [-0.25, -0.2) is 0 Å². The van der Waals surface area contributed by atoms with Crippen LogP contribution in [0, 0.1) is 0 Å². The number of nitrogens with one attached hydrogen (secondary N) is 4. The molecule has 0 aliphatic carbocycles. The molecule has 0 saturated carbocycles. The van der Waals surface area contributed by atoms with Crippen LogP contribution >= 0.6 is 58.0 Å². The summed E-state index contributed by atoms with van der Waals surface area (Å²) >= 11 is 32.1. The number of ketones is 2. The van der Waals surface area contributed by atoms with Crippen molar-refractivity contribution in [2.24, 2.45) is 20.5 Å². The van der Waals surface area contributed by atoms with Crippen LogP contribution in [-0.2, 0) is 25.1 Å². The highest BCUT2D eigenvalue weighted by Crippen LogP contribution is 2.36. The maximum Gasteiger partial charge on any atom is 0.258 e. The van der Waals surface area contributed by atoms with Crippen molar-refractivity contribution in [1.29, 1.82) is 0 Å². The third kappa shape index (κ3) is 13.2. The molecule has 5 aromatic carbocycles. The van der Waals surface area contributed by atoms with Gasteiger partial charge in [-0.2, -0.15) is 20.5 Å². The Hall–Kier alpha value is -6.43. The van der Waals surface area contributed by atoms with Crippen LogP contribution in [0.3, 0.4) is 0 Å². The zero-order valence-electron chi connectivity index (χ0n) is 37.1. The standard InChI is InChI=1S/C47H43Cl5N8O8/c1-23(49)31-16-14-29(67-5)20-38(31)55-44(63)33-9-7-11-36(40(33)51)57-59-42(25(3)61)46(65)53-28-13-18-35(27(19-28)22-48)54-47(66)43(26(4)62)60-58-37-12-8-10-34(41(37)52)45(64)56-39-21-30(68-6)15-17-32(39)24(2)50/h7-21,23-24,42-43H,22H2,1-6H3,(H,53,65)(H,54,66)(H,55,63)(H,56,64). The maximum absolute atomic E-state index is 13.5. The molecule has 0 aliphatic rings. The van der Waals surface area contributed by atoms with Crippen LogP contribution in [0.25, 0.3) is 0 Å². The molecule has 0 heterocycles. The van der Waals surface area contributed by atoms with Gasteiger partial charge < -0.3 is 30.7 Å². The Morgan fingerprint density at radius 2 is 1.01 bits per heavy atom. The number of alkyl halides is 3. The van der Waals surface area contributed by atoms with Gasteiger partial charge in [0.25, 0.3) is 23.6 Å². The molecule has 5 aromatic rings. The molecule has 0 spiro atoms. The van der Waals surface area contributed by atoms with Gasteiger partial charge in [0.1, 0.15) is 22.9 Å². The quantitative estimate of drug-likeness (QED) is 0.0353. The molecule has 0 radical (unpaired) electrons. The Morgan fingerprint density at radius 1 is 0.574 bits per heavy atom. The van der Waals surface area contributed by atoms with E-state index in [4.69, 9.17) is 67.5 Å². The highest BCUT2D eigenvalue weighted by atomic mass is 35.5. The summed E-state index contributed by atoms with van der Waals surface area (Å²) in [6, 6.07) is 19.9. The van der Waals surface area contributed by atoms with Crippen molar-refractivity contribution in [3.05, 3.63) is 129 Å². The van der Waals surface area contributed by atoms with Crippen LogP contribution in [0.5, 0.6) is 11.5 Å². The minimum absolute atomic E-state index is 0.000576. The number of azo groups is 2. The lowest BCUT2D eigenvalue weighted by molar-refractivity contribution is -0.127. The summed E-state index contributed by atoms with van der Waals surface area (Å²) in [7, 11) is 2.97. The van der Waals surface area contributed by atoms with Crippen LogP contribution in [0.15, 0.2) is 111 Å². The van der Waals surface area contributed by atoms with Crippen molar-refractivity contribution in [3.8, 4) is 11.5 Å². The molecule has 4 unspecified atom stereocenters. The molecule has 0 aliphatic heterocycles. The summed E-state index contributed by atoms with van der Waals surface area (Å²) in [5.74, 6) is -3.44. The molecule has 5 rings (SSSR count). The second kappa shape index (κ2) is 24.0. The Bertz CT molecular complexity index is 2820. The van der Waals surface area contributed by atoms with Crippen LogP contribution in [0.4, 0.5) is 34.1 Å². The Labute approximate surface area is 416 Å². The lowest BCUT2D eigenvalue weighted by Gasteiger charge is -2.15. The topological polar surface area (TPSA) is 218 Å². The SMILES string of the molecule is COc1ccc(C(C)Cl)c(NC(=O)c2cccc(N=NC(C(C)=O)C(=O)Nc3ccc(NC(=O)C(N=Nc4cccc(C(=O)Nc5cc(OC)ccc5C(C)Cl)c4Cl)C(C)=O)c(CCl)c3)c2Cl)c1. The van der Waals surface area contributed by atoms with Crippen LogP contribution in [0.2, 0.25) is 10.0 Å². The van der Waals surface area contributed by atoms with Crippen LogP contribution < -0.4 is 30.7 Å². The van der Waals surface area contributed by atoms with E-state index < -0.39 is 58.0 Å². The predicted molar refractivity (Wildman–Crippen MR) is 265 cm³/mol. The summed E-state index contributed by atoms with van der Waals surface area (Å²) in [5.41, 5.74) is 2.79. The summed E-state index contributed by atoms with van der Waals surface area (Å²) in [5, 5.41) is 25.7. The van der Waals surface area contributed by atoms with E-state index in [1.807, 2.05) is 0 Å². The predicted octanol–water partition coefficient (Wildman–Crippen LogP) is 12.2. The fourth-order valence-corrected chi connectivity index (χ4v) is 7.45. The average molecular weight is 1030 g/mol. The van der Waals surface area contributed by atoms with E-state index in [0.29, 0.717) is 39.6 Å². The number of hydrogen-bond donors (Lipinski definition) is 4. The summed E-state index contributed by atoms with van der Waals surface area (Å²) in [6.07, 6.45) is 0. The largest absolute Gasteiger partial charge is 0.497 e. The number of ether oxygens (including phenoxy) is 2. The van der Waals surface area contributed by atoms with E-state index in [0.717, 1.165) is 13.8 Å². The van der Waals surface area contributed by atoms with Crippen LogP contribution in [-0.4, -0.2) is 61.5 Å². The van der Waals surface area contributed by atoms with Crippen molar-refractivity contribution < 1.29 is 38.2 Å². The first-order chi connectivity index (χ1) is 32.4. The number of anilines is 4. The number of carbonyl (C=O) groups excluding carboxylic acids is 6. The fourth-order valence-electron chi connectivity index (χ4n) is 6.35. The van der Waals surface area contributed by atoms with Crippen LogP contribution in [0.1, 0.15) is 75.9 Å². The Kier molecular flexibility index (Phi) is 18.6. The first kappa shape index (κ1) is 52.5. The van der Waals surface area contributed by atoms with E-state index in [9.17, 15) is 28.8 Å². The molecule has 354 valence electrons. The van der Waals surface area contributed by atoms with Gasteiger partial charge in [-0.1, -0.05) is 47.5 Å². The molecule has 0 bridgehead atoms. The molecule has 16 nitrogen and oxygen atoms in total. The third-order valence-electron chi connectivity index (χ3n) is 9.92. The van der Waals surface area contributed by atoms with Crippen molar-refractivity contribution in [3.63, 3.8) is 0 Å². The molecule has 4 N–H and O–H groups in total. The number of amides is 4. The summed E-state index contributed by atoms with van der Waals surface area (Å²) in [6.45, 7) is 5.79. The summed E-state index contributed by atoms with van der Waals surface area (Å²) < 4.78 is 10.6. The van der Waals surface area contributed by atoms with Gasteiger partial charge in [-0.05, 0) is 99.0 Å². The number of rotatable bonds is 19. The maximum atomic E-state index is 13.5. The lowest BCUT2D eigenvalue weighted by Crippen LogP contribution is -2.32. The number of nitrogens with zero attached hydrogens (tertiary/aromatic N) is 4. The first-order valence-electron chi connectivity index (χ1n) is 20.3. The second-order valence-electron chi connectivity index (χ2n) is 14.8. The average Bonchev–Trinajstić information content (AvgIpc) is 3.29. The fraction of sp³-hybridized carbons (Fsp3) is 0.234. The third-order valence-corrected chi connectivity index (χ3v) is 11.5. The van der Waals surface area contributed by atoms with Gasteiger partial charge in [-0.15, -0.1) is 34.8 Å². The highest BCUT2D eigenvalue weighted by Gasteiger charge is 2.27. The van der Waals surface area contributed by atoms with Gasteiger partial charge in [0.15, 0.2) is 11.6 Å². The van der Waals surface area contributed by atoms with E-state index >= 15 is 0 Å². The van der Waals surface area contributed by atoms with Crippen molar-refractivity contribution in [1.82, 2.24) is 0 Å². The molecule has 4 amide bonds. The van der Waals surface area contributed by atoms with E-state index in [1.54, 1.807) is 50.2 Å². The molecule has 0 aromatic heterocycles. The monoisotopic (exact) mass is 1020 g/mol. The lowest BCUT2D eigenvalue weighted by atomic mass is 10.1. The van der Waals surface area contributed by atoms with Crippen molar-refractivity contribution in [2.45, 2.75) is 56.4 Å². The number of benzene rings is 5. The Balaban J connectivity index is 1.28. The first-order valence-corrected chi connectivity index (χ1v) is 22.5. The van der Waals surface area contributed by atoms with Crippen molar-refractivity contribution >= 4 is 127 Å². The number of hydrogen-bond acceptors (Lipinski definition) is 12. The molecule has 4 atom stereocenters. The zero-order valence-corrected chi connectivity index (χ0v) is 40.9. The molecular formula is C47H43Cl5N8O8. The molecule has 0 saturated heterocycles. The second-order valence-corrected chi connectivity index (χ2v) is 17.1. The Morgan fingerprint density at radius 3 is 1.41 bits per heavy atom. The molecule has 21 heteroatoms. The summed E-state index contributed by atoms with van der Waals surface area (Å²) in [4.78, 5) is 79.0.